The monoisotopic (exact) mass is 574 g/mol. The summed E-state index contributed by atoms with van der Waals surface area (Å²) in [5.74, 6) is 1.83. The van der Waals surface area contributed by atoms with Gasteiger partial charge in [-0.25, -0.2) is 0 Å². The zero-order valence-corrected chi connectivity index (χ0v) is 15.8. The van der Waals surface area contributed by atoms with E-state index in [9.17, 15) is 0 Å². The fourth-order valence-electron chi connectivity index (χ4n) is 1.03. The standard InChI is InChI=1S/C10H10Br2I2O2/c11-1-3-15-9-5-8(14)10(6-7(9)13)16-4-2-12/h5-6H,1-4H2. The molecule has 1 rings (SSSR count). The van der Waals surface area contributed by atoms with Crippen molar-refractivity contribution in [1.29, 1.82) is 0 Å². The van der Waals surface area contributed by atoms with E-state index in [0.29, 0.717) is 13.2 Å². The lowest BCUT2D eigenvalue weighted by molar-refractivity contribution is 0.331. The Morgan fingerprint density at radius 2 is 1.25 bits per heavy atom. The van der Waals surface area contributed by atoms with Crippen LogP contribution < -0.4 is 9.47 Å². The summed E-state index contributed by atoms with van der Waals surface area (Å²) in [5, 5.41) is 1.67. The van der Waals surface area contributed by atoms with Crippen molar-refractivity contribution in [3.8, 4) is 11.5 Å². The molecule has 0 fully saturated rings. The Morgan fingerprint density at radius 3 is 1.56 bits per heavy atom. The maximum atomic E-state index is 5.60. The van der Waals surface area contributed by atoms with Crippen LogP contribution in [0, 0.1) is 7.14 Å². The lowest BCUT2D eigenvalue weighted by atomic mass is 10.3. The predicted octanol–water partition coefficient (Wildman–Crippen LogP) is 4.44. The molecule has 0 saturated carbocycles. The molecule has 0 bridgehead atoms. The van der Waals surface area contributed by atoms with E-state index in [4.69, 9.17) is 9.47 Å². The first-order chi connectivity index (χ1) is 7.69. The number of benzene rings is 1. The highest BCUT2D eigenvalue weighted by molar-refractivity contribution is 14.1. The van der Waals surface area contributed by atoms with Crippen LogP contribution >= 0.6 is 77.0 Å². The number of ether oxygens (including phenoxy) is 2. The second kappa shape index (κ2) is 8.36. The van der Waals surface area contributed by atoms with Crippen LogP contribution in [0.2, 0.25) is 0 Å². The predicted molar refractivity (Wildman–Crippen MR) is 90.5 cm³/mol. The van der Waals surface area contributed by atoms with Gasteiger partial charge in [-0.1, -0.05) is 31.9 Å². The molecule has 90 valence electrons. The molecule has 0 atom stereocenters. The Bertz CT molecular complexity index is 314. The smallest absolute Gasteiger partial charge is 0.133 e. The molecule has 0 aromatic heterocycles. The molecule has 0 aliphatic carbocycles. The molecular weight excluding hydrogens is 566 g/mol. The second-order valence-corrected chi connectivity index (χ2v) is 6.70. The third kappa shape index (κ3) is 4.85. The van der Waals surface area contributed by atoms with Crippen molar-refractivity contribution >= 4 is 77.0 Å². The van der Waals surface area contributed by atoms with E-state index in [1.165, 1.54) is 0 Å². The van der Waals surface area contributed by atoms with Crippen LogP contribution in [0.15, 0.2) is 12.1 Å². The molecule has 16 heavy (non-hydrogen) atoms. The first-order valence-corrected chi connectivity index (χ1v) is 8.95. The summed E-state index contributed by atoms with van der Waals surface area (Å²) < 4.78 is 13.3. The van der Waals surface area contributed by atoms with Gasteiger partial charge in [0.2, 0.25) is 0 Å². The SMILES string of the molecule is BrCCOc1cc(I)c(OCCBr)cc1I. The van der Waals surface area contributed by atoms with Crippen LogP contribution in [0.3, 0.4) is 0 Å². The highest BCUT2D eigenvalue weighted by Gasteiger charge is 2.08. The zero-order chi connectivity index (χ0) is 12.0. The van der Waals surface area contributed by atoms with E-state index in [1.54, 1.807) is 0 Å². The average molecular weight is 576 g/mol. The lowest BCUT2D eigenvalue weighted by Gasteiger charge is -2.11. The minimum Gasteiger partial charge on any atom is -0.492 e. The van der Waals surface area contributed by atoms with Gasteiger partial charge >= 0.3 is 0 Å². The molecule has 0 radical (unpaired) electrons. The van der Waals surface area contributed by atoms with E-state index < -0.39 is 0 Å². The summed E-state index contributed by atoms with van der Waals surface area (Å²) in [4.78, 5) is 0. The summed E-state index contributed by atoms with van der Waals surface area (Å²) >= 11 is 11.2. The third-order valence-corrected chi connectivity index (χ3v) is 3.99. The van der Waals surface area contributed by atoms with E-state index in [2.05, 4.69) is 77.0 Å². The Balaban J connectivity index is 2.79. The normalized spacial score (nSPS) is 10.2. The number of alkyl halides is 2. The molecule has 6 heteroatoms. The van der Waals surface area contributed by atoms with Crippen LogP contribution in [-0.4, -0.2) is 23.9 Å². The van der Waals surface area contributed by atoms with Crippen molar-refractivity contribution in [2.24, 2.45) is 0 Å². The van der Waals surface area contributed by atoms with Gasteiger partial charge in [0.25, 0.3) is 0 Å². The molecule has 2 nitrogen and oxygen atoms in total. The average Bonchev–Trinajstić information content (AvgIpc) is 2.28. The van der Waals surface area contributed by atoms with E-state index >= 15 is 0 Å². The van der Waals surface area contributed by atoms with Crippen molar-refractivity contribution in [2.75, 3.05) is 23.9 Å². The Labute approximate surface area is 139 Å². The molecular formula is C10H10Br2I2O2. The van der Waals surface area contributed by atoms with Crippen LogP contribution in [0.5, 0.6) is 11.5 Å². The summed E-state index contributed by atoms with van der Waals surface area (Å²) in [6, 6.07) is 4.02. The van der Waals surface area contributed by atoms with Gasteiger partial charge in [-0.15, -0.1) is 0 Å². The van der Waals surface area contributed by atoms with E-state index in [-0.39, 0.29) is 0 Å². The molecule has 0 N–H and O–H groups in total. The molecule has 1 aromatic carbocycles. The van der Waals surface area contributed by atoms with Crippen molar-refractivity contribution in [1.82, 2.24) is 0 Å². The number of hydrogen-bond donors (Lipinski definition) is 0. The largest absolute Gasteiger partial charge is 0.492 e. The number of rotatable bonds is 6. The molecule has 0 amide bonds. The number of hydrogen-bond acceptors (Lipinski definition) is 2. The van der Waals surface area contributed by atoms with Crippen LogP contribution in [0.1, 0.15) is 0 Å². The highest BCUT2D eigenvalue weighted by atomic mass is 127. The number of halogens is 4. The van der Waals surface area contributed by atoms with Crippen molar-refractivity contribution in [3.05, 3.63) is 19.3 Å². The molecule has 0 aliphatic rings. The summed E-state index contributed by atoms with van der Waals surface area (Å²) in [5.41, 5.74) is 0. The summed E-state index contributed by atoms with van der Waals surface area (Å²) in [6.45, 7) is 1.35. The fourth-order valence-corrected chi connectivity index (χ4v) is 2.54. The molecule has 0 spiro atoms. The van der Waals surface area contributed by atoms with Crippen molar-refractivity contribution in [2.45, 2.75) is 0 Å². The Kier molecular flexibility index (Phi) is 7.99. The zero-order valence-electron chi connectivity index (χ0n) is 8.31. The molecule has 0 heterocycles. The van der Waals surface area contributed by atoms with Crippen molar-refractivity contribution in [3.63, 3.8) is 0 Å². The molecule has 0 saturated heterocycles. The Hall–Kier alpha value is 1.24. The van der Waals surface area contributed by atoms with Gasteiger partial charge < -0.3 is 9.47 Å². The van der Waals surface area contributed by atoms with Gasteiger partial charge in [0.1, 0.15) is 11.5 Å². The lowest BCUT2D eigenvalue weighted by Crippen LogP contribution is -2.03. The van der Waals surface area contributed by atoms with E-state index in [1.807, 2.05) is 12.1 Å². The fraction of sp³-hybridized carbons (Fsp3) is 0.400. The summed E-state index contributed by atoms with van der Waals surface area (Å²) in [7, 11) is 0. The first-order valence-electron chi connectivity index (χ1n) is 4.55. The van der Waals surface area contributed by atoms with Gasteiger partial charge in [0.05, 0.1) is 20.4 Å². The Morgan fingerprint density at radius 1 is 0.875 bits per heavy atom. The van der Waals surface area contributed by atoms with Gasteiger partial charge in [0.15, 0.2) is 0 Å². The van der Waals surface area contributed by atoms with Gasteiger partial charge in [-0.2, -0.15) is 0 Å². The topological polar surface area (TPSA) is 18.5 Å². The molecule has 0 aliphatic heterocycles. The van der Waals surface area contributed by atoms with Crippen LogP contribution in [-0.2, 0) is 0 Å². The van der Waals surface area contributed by atoms with Crippen molar-refractivity contribution < 1.29 is 9.47 Å². The minimum absolute atomic E-state index is 0.674. The summed E-state index contributed by atoms with van der Waals surface area (Å²) in [6.07, 6.45) is 0. The first kappa shape index (κ1) is 15.3. The molecule has 0 unspecified atom stereocenters. The maximum absolute atomic E-state index is 5.60. The van der Waals surface area contributed by atoms with Crippen LogP contribution in [0.25, 0.3) is 0 Å². The van der Waals surface area contributed by atoms with Gasteiger partial charge in [-0.05, 0) is 57.3 Å². The third-order valence-electron chi connectivity index (χ3n) is 1.66. The van der Waals surface area contributed by atoms with Gasteiger partial charge in [0, 0.05) is 10.7 Å². The van der Waals surface area contributed by atoms with Crippen LogP contribution in [0.4, 0.5) is 0 Å². The highest BCUT2D eigenvalue weighted by Crippen LogP contribution is 2.31. The van der Waals surface area contributed by atoms with E-state index in [0.717, 1.165) is 29.3 Å². The van der Waals surface area contributed by atoms with Gasteiger partial charge in [-0.3, -0.25) is 0 Å². The quantitative estimate of drug-likeness (QED) is 0.369. The molecule has 1 aromatic rings. The second-order valence-electron chi connectivity index (χ2n) is 2.79. The minimum atomic E-state index is 0.674. The maximum Gasteiger partial charge on any atom is 0.133 e.